The second-order valence-electron chi connectivity index (χ2n) is 4.24. The highest BCUT2D eigenvalue weighted by atomic mass is 32.1. The molecule has 0 atom stereocenters. The summed E-state index contributed by atoms with van der Waals surface area (Å²) in [5.41, 5.74) is 4.93. The molecule has 0 bridgehead atoms. The van der Waals surface area contributed by atoms with Crippen LogP contribution in [-0.2, 0) is 17.8 Å². The van der Waals surface area contributed by atoms with Crippen LogP contribution in [0.15, 0.2) is 35.2 Å². The van der Waals surface area contributed by atoms with Gasteiger partial charge in [0.1, 0.15) is 0 Å². The van der Waals surface area contributed by atoms with Gasteiger partial charge in [-0.3, -0.25) is 4.79 Å². The Morgan fingerprint density at radius 2 is 2.21 bits per heavy atom. The van der Waals surface area contributed by atoms with Crippen molar-refractivity contribution in [2.75, 3.05) is 11.9 Å². The summed E-state index contributed by atoms with van der Waals surface area (Å²) in [6.45, 7) is 3.13. The first-order chi connectivity index (χ1) is 9.25. The van der Waals surface area contributed by atoms with Crippen molar-refractivity contribution in [3.63, 3.8) is 0 Å². The molecule has 0 aliphatic carbocycles. The first kappa shape index (κ1) is 13.7. The van der Waals surface area contributed by atoms with Gasteiger partial charge in [0, 0.05) is 37.5 Å². The Morgan fingerprint density at radius 3 is 2.95 bits per heavy atom. The third-order valence-electron chi connectivity index (χ3n) is 2.68. The van der Waals surface area contributed by atoms with E-state index >= 15 is 0 Å². The topological polar surface area (TPSA) is 54.0 Å². The summed E-state index contributed by atoms with van der Waals surface area (Å²) in [4.78, 5) is 15.4. The fraction of sp³-hybridized carbons (Fsp3) is 0.286. The van der Waals surface area contributed by atoms with Gasteiger partial charge in [0.05, 0.1) is 11.2 Å². The number of benzene rings is 1. The van der Waals surface area contributed by atoms with Crippen molar-refractivity contribution in [1.82, 2.24) is 10.3 Å². The number of hydrogen-bond donors (Lipinski definition) is 2. The molecule has 0 aliphatic heterocycles. The number of nitrogens with one attached hydrogen (secondary N) is 2. The number of aromatic nitrogens is 1. The average molecular weight is 275 g/mol. The van der Waals surface area contributed by atoms with Crippen LogP contribution in [0, 0.1) is 0 Å². The van der Waals surface area contributed by atoms with E-state index in [0.29, 0.717) is 0 Å². The number of carbonyl (C=O) groups excluding carboxylic acids is 1. The monoisotopic (exact) mass is 275 g/mol. The zero-order chi connectivity index (χ0) is 13.5. The smallest absolute Gasteiger partial charge is 0.221 e. The third kappa shape index (κ3) is 4.46. The normalized spacial score (nSPS) is 10.4. The molecule has 1 aromatic carbocycles. The van der Waals surface area contributed by atoms with Gasteiger partial charge in [-0.05, 0) is 11.6 Å². The second kappa shape index (κ2) is 7.01. The van der Waals surface area contributed by atoms with Gasteiger partial charge >= 0.3 is 0 Å². The minimum absolute atomic E-state index is 0.0464. The fourth-order valence-corrected chi connectivity index (χ4v) is 2.38. The summed E-state index contributed by atoms with van der Waals surface area (Å²) in [5.74, 6) is -0.0464. The van der Waals surface area contributed by atoms with Gasteiger partial charge in [-0.15, -0.1) is 11.3 Å². The molecule has 2 rings (SSSR count). The number of anilines is 1. The fourth-order valence-electron chi connectivity index (χ4n) is 1.79. The summed E-state index contributed by atoms with van der Waals surface area (Å²) in [6, 6.07) is 7.83. The second-order valence-corrected chi connectivity index (χ2v) is 4.96. The summed E-state index contributed by atoms with van der Waals surface area (Å²) in [6.07, 6.45) is 0.922. The highest BCUT2D eigenvalue weighted by Gasteiger charge is 2.02. The standard InChI is InChI=1S/C14H17N3OS/c1-11(18)17-14-5-3-2-4-12(14)8-15-7-6-13-9-19-10-16-13/h2-5,9-10,15H,6-8H2,1H3,(H,17,18). The summed E-state index contributed by atoms with van der Waals surface area (Å²) in [7, 11) is 0. The predicted octanol–water partition coefficient (Wildman–Crippen LogP) is 2.43. The lowest BCUT2D eigenvalue weighted by Gasteiger charge is -2.10. The van der Waals surface area contributed by atoms with Gasteiger partial charge in [0.25, 0.3) is 0 Å². The molecule has 0 aliphatic rings. The molecule has 0 radical (unpaired) electrons. The molecule has 2 N–H and O–H groups in total. The van der Waals surface area contributed by atoms with Gasteiger partial charge < -0.3 is 10.6 Å². The van der Waals surface area contributed by atoms with E-state index in [2.05, 4.69) is 21.0 Å². The van der Waals surface area contributed by atoms with Crippen molar-refractivity contribution in [2.24, 2.45) is 0 Å². The number of amides is 1. The molecule has 0 saturated heterocycles. The molecule has 0 saturated carbocycles. The molecule has 4 nitrogen and oxygen atoms in total. The molecule has 100 valence electrons. The minimum Gasteiger partial charge on any atom is -0.326 e. The Kier molecular flexibility index (Phi) is 5.06. The quantitative estimate of drug-likeness (QED) is 0.796. The highest BCUT2D eigenvalue weighted by molar-refractivity contribution is 7.07. The summed E-state index contributed by atoms with van der Waals surface area (Å²) in [5, 5.41) is 8.27. The Bertz CT molecular complexity index is 525. The van der Waals surface area contributed by atoms with Crippen molar-refractivity contribution in [1.29, 1.82) is 0 Å². The lowest BCUT2D eigenvalue weighted by Crippen LogP contribution is -2.18. The molecule has 1 amide bonds. The summed E-state index contributed by atoms with van der Waals surface area (Å²) < 4.78 is 0. The predicted molar refractivity (Wildman–Crippen MR) is 78.3 cm³/mol. The largest absolute Gasteiger partial charge is 0.326 e. The number of para-hydroxylation sites is 1. The number of rotatable bonds is 6. The van der Waals surface area contributed by atoms with E-state index in [1.807, 2.05) is 29.8 Å². The van der Waals surface area contributed by atoms with Gasteiger partial charge in [-0.2, -0.15) is 0 Å². The number of carbonyl (C=O) groups is 1. The zero-order valence-electron chi connectivity index (χ0n) is 10.8. The number of hydrogen-bond acceptors (Lipinski definition) is 4. The molecular formula is C14H17N3OS. The zero-order valence-corrected chi connectivity index (χ0v) is 11.7. The third-order valence-corrected chi connectivity index (χ3v) is 3.32. The molecule has 0 spiro atoms. The minimum atomic E-state index is -0.0464. The first-order valence-electron chi connectivity index (χ1n) is 6.19. The van der Waals surface area contributed by atoms with Crippen LogP contribution in [0.5, 0.6) is 0 Å². The van der Waals surface area contributed by atoms with Crippen LogP contribution in [0.4, 0.5) is 5.69 Å². The van der Waals surface area contributed by atoms with E-state index in [-0.39, 0.29) is 5.91 Å². The van der Waals surface area contributed by atoms with E-state index in [4.69, 9.17) is 0 Å². The van der Waals surface area contributed by atoms with Gasteiger partial charge in [0.2, 0.25) is 5.91 Å². The van der Waals surface area contributed by atoms with Crippen molar-refractivity contribution in [2.45, 2.75) is 19.9 Å². The number of nitrogens with zero attached hydrogens (tertiary/aromatic N) is 1. The van der Waals surface area contributed by atoms with Crippen molar-refractivity contribution < 1.29 is 4.79 Å². The molecular weight excluding hydrogens is 258 g/mol. The summed E-state index contributed by atoms with van der Waals surface area (Å²) >= 11 is 1.62. The number of thiazole rings is 1. The molecule has 0 fully saturated rings. The molecule has 1 aromatic heterocycles. The van der Waals surface area contributed by atoms with Crippen LogP contribution in [0.3, 0.4) is 0 Å². The van der Waals surface area contributed by atoms with Crippen LogP contribution in [0.1, 0.15) is 18.2 Å². The molecule has 1 heterocycles. The van der Waals surface area contributed by atoms with Gasteiger partial charge in [-0.1, -0.05) is 18.2 Å². The maximum Gasteiger partial charge on any atom is 0.221 e. The van der Waals surface area contributed by atoms with Gasteiger partial charge in [-0.25, -0.2) is 4.98 Å². The molecule has 0 unspecified atom stereocenters. The van der Waals surface area contributed by atoms with Crippen LogP contribution in [-0.4, -0.2) is 17.4 Å². The van der Waals surface area contributed by atoms with Crippen molar-refractivity contribution in [3.8, 4) is 0 Å². The van der Waals surface area contributed by atoms with Crippen LogP contribution >= 0.6 is 11.3 Å². The van der Waals surface area contributed by atoms with Crippen LogP contribution in [0.2, 0.25) is 0 Å². The van der Waals surface area contributed by atoms with Crippen molar-refractivity contribution >= 4 is 22.9 Å². The van der Waals surface area contributed by atoms with E-state index in [1.165, 1.54) is 6.92 Å². The van der Waals surface area contributed by atoms with Crippen LogP contribution in [0.25, 0.3) is 0 Å². The van der Waals surface area contributed by atoms with Crippen LogP contribution < -0.4 is 10.6 Å². The lowest BCUT2D eigenvalue weighted by molar-refractivity contribution is -0.114. The average Bonchev–Trinajstić information content (AvgIpc) is 2.89. The highest BCUT2D eigenvalue weighted by Crippen LogP contribution is 2.14. The lowest BCUT2D eigenvalue weighted by atomic mass is 10.1. The van der Waals surface area contributed by atoms with E-state index in [1.54, 1.807) is 11.3 Å². The Hall–Kier alpha value is -1.72. The Morgan fingerprint density at radius 1 is 1.37 bits per heavy atom. The molecule has 5 heteroatoms. The maximum atomic E-state index is 11.1. The van der Waals surface area contributed by atoms with Crippen molar-refractivity contribution in [3.05, 3.63) is 46.4 Å². The van der Waals surface area contributed by atoms with E-state index < -0.39 is 0 Å². The van der Waals surface area contributed by atoms with Gasteiger partial charge in [0.15, 0.2) is 0 Å². The van der Waals surface area contributed by atoms with E-state index in [9.17, 15) is 4.79 Å². The molecule has 19 heavy (non-hydrogen) atoms. The Labute approximate surface area is 116 Å². The maximum absolute atomic E-state index is 11.1. The SMILES string of the molecule is CC(=O)Nc1ccccc1CNCCc1cscn1. The molecule has 2 aromatic rings. The Balaban J connectivity index is 1.83. The first-order valence-corrected chi connectivity index (χ1v) is 7.13. The van der Waals surface area contributed by atoms with E-state index in [0.717, 1.165) is 36.5 Å².